The Kier molecular flexibility index (Phi) is 7.04. The van der Waals surface area contributed by atoms with Gasteiger partial charge in [-0.25, -0.2) is 8.42 Å². The van der Waals surface area contributed by atoms with Crippen LogP contribution in [0, 0.1) is 11.3 Å². The molecule has 1 aromatic heterocycles. The number of nitrogens with zero attached hydrogens (tertiary/aromatic N) is 2. The summed E-state index contributed by atoms with van der Waals surface area (Å²) in [6.07, 6.45) is 2.80. The molecule has 1 amide bonds. The van der Waals surface area contributed by atoms with Gasteiger partial charge in [-0.1, -0.05) is 30.3 Å². The average molecular weight is 482 g/mol. The van der Waals surface area contributed by atoms with E-state index in [1.807, 2.05) is 17.0 Å². The number of aryl methyl sites for hydroxylation is 1. The number of hydrogen-bond acceptors (Lipinski definition) is 5. The van der Waals surface area contributed by atoms with Gasteiger partial charge >= 0.3 is 0 Å². The highest BCUT2D eigenvalue weighted by Gasteiger charge is 2.27. The molecule has 0 bridgehead atoms. The van der Waals surface area contributed by atoms with Gasteiger partial charge in [0.2, 0.25) is 0 Å². The van der Waals surface area contributed by atoms with Crippen LogP contribution in [-0.2, 0) is 16.4 Å². The zero-order valence-corrected chi connectivity index (χ0v) is 19.9. The predicted molar refractivity (Wildman–Crippen MR) is 134 cm³/mol. The molecule has 0 radical (unpaired) electrons. The molecule has 180 valence electrons. The summed E-state index contributed by atoms with van der Waals surface area (Å²) in [5.41, 5.74) is 13.1. The van der Waals surface area contributed by atoms with E-state index in [9.17, 15) is 13.2 Å². The minimum atomic E-state index is -3.54. The molecule has 9 heteroatoms. The molecule has 2 aromatic carbocycles. The highest BCUT2D eigenvalue weighted by molar-refractivity contribution is 7.91. The zero-order valence-electron chi connectivity index (χ0n) is 19.1. The van der Waals surface area contributed by atoms with Gasteiger partial charge < -0.3 is 20.9 Å². The SMILES string of the molecule is N=C(N)c1ccc2cc(C(=O)N3CCC(CCN)CC3)n(CCS(=O)(=O)c3ccccc3)c2c1. The van der Waals surface area contributed by atoms with Crippen molar-refractivity contribution in [1.29, 1.82) is 5.41 Å². The van der Waals surface area contributed by atoms with Crippen molar-refractivity contribution in [2.75, 3.05) is 25.4 Å². The Balaban J connectivity index is 1.67. The molecule has 5 N–H and O–H groups in total. The van der Waals surface area contributed by atoms with Gasteiger partial charge in [0.1, 0.15) is 11.5 Å². The van der Waals surface area contributed by atoms with Crippen molar-refractivity contribution < 1.29 is 13.2 Å². The molecule has 1 aliphatic heterocycles. The Hall–Kier alpha value is -3.17. The fourth-order valence-corrected chi connectivity index (χ4v) is 5.85. The third-order valence-corrected chi connectivity index (χ3v) is 8.31. The standard InChI is InChI=1S/C25H31N5O3S/c26-11-8-18-9-12-29(13-10-18)25(31)23-16-19-6-7-20(24(27)28)17-22(19)30(23)14-15-34(32,33)21-4-2-1-3-5-21/h1-7,16-18H,8-15,26H2,(H3,27,28). The number of hydrogen-bond donors (Lipinski definition) is 3. The fourth-order valence-electron chi connectivity index (χ4n) is 4.62. The number of amidine groups is 1. The van der Waals surface area contributed by atoms with E-state index in [0.717, 1.165) is 24.6 Å². The van der Waals surface area contributed by atoms with Gasteiger partial charge in [0.25, 0.3) is 5.91 Å². The van der Waals surface area contributed by atoms with E-state index in [4.69, 9.17) is 16.9 Å². The summed E-state index contributed by atoms with van der Waals surface area (Å²) < 4.78 is 27.7. The number of likely N-dealkylation sites (tertiary alicyclic amines) is 1. The first-order valence-electron chi connectivity index (χ1n) is 11.5. The number of rotatable bonds is 8. The predicted octanol–water partition coefficient (Wildman–Crippen LogP) is 2.60. The second-order valence-corrected chi connectivity index (χ2v) is 10.9. The molecular formula is C25H31N5O3S. The maximum absolute atomic E-state index is 13.5. The summed E-state index contributed by atoms with van der Waals surface area (Å²) in [5.74, 6) is 0.198. The number of piperidine rings is 1. The first kappa shape index (κ1) is 24.0. The van der Waals surface area contributed by atoms with E-state index in [-0.39, 0.29) is 28.9 Å². The van der Waals surface area contributed by atoms with E-state index in [2.05, 4.69) is 0 Å². The number of nitrogen functional groups attached to an aromatic ring is 1. The highest BCUT2D eigenvalue weighted by Crippen LogP contribution is 2.26. The topological polar surface area (TPSA) is 135 Å². The summed E-state index contributed by atoms with van der Waals surface area (Å²) >= 11 is 0. The van der Waals surface area contributed by atoms with Crippen LogP contribution in [0.15, 0.2) is 59.5 Å². The monoisotopic (exact) mass is 481 g/mol. The first-order valence-corrected chi connectivity index (χ1v) is 13.2. The van der Waals surface area contributed by atoms with Crippen molar-refractivity contribution in [2.45, 2.75) is 30.7 Å². The van der Waals surface area contributed by atoms with Crippen molar-refractivity contribution >= 4 is 32.5 Å². The number of carbonyl (C=O) groups excluding carboxylic acids is 1. The van der Waals surface area contributed by atoms with Crippen molar-refractivity contribution in [3.8, 4) is 0 Å². The second kappa shape index (κ2) is 9.99. The number of carbonyl (C=O) groups is 1. The van der Waals surface area contributed by atoms with Crippen LogP contribution in [0.4, 0.5) is 0 Å². The van der Waals surface area contributed by atoms with E-state index >= 15 is 0 Å². The smallest absolute Gasteiger partial charge is 0.270 e. The minimum absolute atomic E-state index is 0.0820. The van der Waals surface area contributed by atoms with Crippen LogP contribution in [0.25, 0.3) is 10.9 Å². The van der Waals surface area contributed by atoms with Crippen LogP contribution < -0.4 is 11.5 Å². The summed E-state index contributed by atoms with van der Waals surface area (Å²) in [4.78, 5) is 15.6. The molecular weight excluding hydrogens is 450 g/mol. The number of nitrogens with one attached hydrogen (secondary N) is 1. The number of amides is 1. The largest absolute Gasteiger partial charge is 0.384 e. The summed E-state index contributed by atoms with van der Waals surface area (Å²) in [6.45, 7) is 2.09. The molecule has 0 aliphatic carbocycles. The normalized spacial score (nSPS) is 15.0. The zero-order chi connectivity index (χ0) is 24.3. The molecule has 34 heavy (non-hydrogen) atoms. The van der Waals surface area contributed by atoms with Crippen molar-refractivity contribution in [3.05, 3.63) is 65.9 Å². The van der Waals surface area contributed by atoms with Gasteiger partial charge in [0, 0.05) is 36.1 Å². The lowest BCUT2D eigenvalue weighted by atomic mass is 9.93. The molecule has 1 saturated heterocycles. The van der Waals surface area contributed by atoms with Gasteiger partial charge in [-0.05, 0) is 56.0 Å². The van der Waals surface area contributed by atoms with Gasteiger partial charge in [0.05, 0.1) is 10.6 Å². The Labute approximate surface area is 200 Å². The third kappa shape index (κ3) is 5.00. The number of sulfone groups is 1. The van der Waals surface area contributed by atoms with E-state index in [1.54, 1.807) is 47.0 Å². The average Bonchev–Trinajstić information content (AvgIpc) is 3.21. The van der Waals surface area contributed by atoms with Crippen molar-refractivity contribution in [2.24, 2.45) is 17.4 Å². The molecule has 0 saturated carbocycles. The van der Waals surface area contributed by atoms with Crippen LogP contribution in [0.3, 0.4) is 0 Å². The highest BCUT2D eigenvalue weighted by atomic mass is 32.2. The number of nitrogens with two attached hydrogens (primary N) is 2. The van der Waals surface area contributed by atoms with Crippen LogP contribution in [-0.4, -0.2) is 55.0 Å². The van der Waals surface area contributed by atoms with E-state index < -0.39 is 9.84 Å². The number of aromatic nitrogens is 1. The van der Waals surface area contributed by atoms with Crippen molar-refractivity contribution in [1.82, 2.24) is 9.47 Å². The Morgan fingerprint density at radius 2 is 1.76 bits per heavy atom. The van der Waals surface area contributed by atoms with Gasteiger partial charge in [-0.2, -0.15) is 0 Å². The van der Waals surface area contributed by atoms with Crippen LogP contribution >= 0.6 is 0 Å². The molecule has 3 aromatic rings. The van der Waals surface area contributed by atoms with Crippen molar-refractivity contribution in [3.63, 3.8) is 0 Å². The van der Waals surface area contributed by atoms with E-state index in [0.29, 0.717) is 42.3 Å². The number of fused-ring (bicyclic) bond motifs is 1. The molecule has 0 unspecified atom stereocenters. The first-order chi connectivity index (χ1) is 16.3. The summed E-state index contributed by atoms with van der Waals surface area (Å²) in [6, 6.07) is 15.4. The fraction of sp³-hybridized carbons (Fsp3) is 0.360. The molecule has 8 nitrogen and oxygen atoms in total. The molecule has 0 atom stereocenters. The molecule has 2 heterocycles. The lowest BCUT2D eigenvalue weighted by Crippen LogP contribution is -2.39. The summed E-state index contributed by atoms with van der Waals surface area (Å²) in [5, 5.41) is 8.60. The quantitative estimate of drug-likeness (QED) is 0.336. The van der Waals surface area contributed by atoms with Crippen LogP contribution in [0.5, 0.6) is 0 Å². The number of benzene rings is 2. The van der Waals surface area contributed by atoms with Gasteiger partial charge in [0.15, 0.2) is 9.84 Å². The Morgan fingerprint density at radius 1 is 1.06 bits per heavy atom. The maximum Gasteiger partial charge on any atom is 0.270 e. The van der Waals surface area contributed by atoms with E-state index in [1.165, 1.54) is 0 Å². The van der Waals surface area contributed by atoms with Gasteiger partial charge in [-0.3, -0.25) is 10.2 Å². The third-order valence-electron chi connectivity index (χ3n) is 6.60. The molecule has 1 fully saturated rings. The maximum atomic E-state index is 13.5. The lowest BCUT2D eigenvalue weighted by Gasteiger charge is -2.32. The summed E-state index contributed by atoms with van der Waals surface area (Å²) in [7, 11) is -3.54. The second-order valence-electron chi connectivity index (χ2n) is 8.81. The molecule has 1 aliphatic rings. The van der Waals surface area contributed by atoms with Crippen LogP contribution in [0.1, 0.15) is 35.3 Å². The molecule has 0 spiro atoms. The van der Waals surface area contributed by atoms with Gasteiger partial charge in [-0.15, -0.1) is 0 Å². The van der Waals surface area contributed by atoms with Crippen LogP contribution in [0.2, 0.25) is 0 Å². The molecule has 4 rings (SSSR count). The Bertz CT molecular complexity index is 1290. The Morgan fingerprint density at radius 3 is 2.41 bits per heavy atom. The minimum Gasteiger partial charge on any atom is -0.384 e. The lowest BCUT2D eigenvalue weighted by molar-refractivity contribution is 0.0677.